The van der Waals surface area contributed by atoms with Gasteiger partial charge < -0.3 is 9.64 Å². The van der Waals surface area contributed by atoms with E-state index in [0.717, 1.165) is 21.3 Å². The van der Waals surface area contributed by atoms with E-state index in [9.17, 15) is 10.1 Å². The smallest absolute Gasteiger partial charge is 0.229 e. The van der Waals surface area contributed by atoms with Crippen molar-refractivity contribution in [2.45, 2.75) is 12.3 Å². The number of benzene rings is 1. The highest BCUT2D eigenvalue weighted by Crippen LogP contribution is 2.44. The molecule has 0 saturated carbocycles. The maximum Gasteiger partial charge on any atom is 0.229 e. The second-order valence-electron chi connectivity index (χ2n) is 6.08. The quantitative estimate of drug-likeness (QED) is 0.802. The minimum atomic E-state index is -0.112. The number of anilines is 1. The van der Waals surface area contributed by atoms with E-state index in [1.165, 1.54) is 0 Å². The highest BCUT2D eigenvalue weighted by molar-refractivity contribution is 8.03. The summed E-state index contributed by atoms with van der Waals surface area (Å²) < 4.78 is 5.20. The molecule has 5 nitrogen and oxygen atoms in total. The van der Waals surface area contributed by atoms with Crippen LogP contribution in [0.3, 0.4) is 0 Å². The standard InChI is InChI=1S/C19H17N3O2S2/c1-24-14-6-4-13(5-7-14)21-11-22-18(23)9-15(17-3-2-8-25-17)16(10-20)19(22)26-12-21/h2-8,15H,9,11-12H2,1H3/t15-/m0/s1. The van der Waals surface area contributed by atoms with Crippen molar-refractivity contribution in [1.29, 1.82) is 5.26 Å². The van der Waals surface area contributed by atoms with Crippen LogP contribution in [0.4, 0.5) is 5.69 Å². The van der Waals surface area contributed by atoms with E-state index in [0.29, 0.717) is 24.5 Å². The summed E-state index contributed by atoms with van der Waals surface area (Å²) in [5.74, 6) is 1.47. The fourth-order valence-corrected chi connectivity index (χ4v) is 5.26. The van der Waals surface area contributed by atoms with Crippen molar-refractivity contribution < 1.29 is 9.53 Å². The van der Waals surface area contributed by atoms with Gasteiger partial charge in [0.05, 0.1) is 36.3 Å². The summed E-state index contributed by atoms with van der Waals surface area (Å²) >= 11 is 3.16. The minimum absolute atomic E-state index is 0.0723. The van der Waals surface area contributed by atoms with Crippen molar-refractivity contribution in [2.24, 2.45) is 0 Å². The third kappa shape index (κ3) is 2.96. The maximum absolute atomic E-state index is 12.8. The molecule has 1 fully saturated rings. The summed E-state index contributed by atoms with van der Waals surface area (Å²) in [6, 6.07) is 14.1. The molecule has 0 radical (unpaired) electrons. The summed E-state index contributed by atoms with van der Waals surface area (Å²) in [7, 11) is 1.64. The lowest BCUT2D eigenvalue weighted by atomic mass is 9.92. The highest BCUT2D eigenvalue weighted by atomic mass is 32.2. The normalized spacial score (nSPS) is 20.0. The molecule has 7 heteroatoms. The lowest BCUT2D eigenvalue weighted by Gasteiger charge is -2.41. The zero-order chi connectivity index (χ0) is 18.1. The van der Waals surface area contributed by atoms with Gasteiger partial charge in [0.1, 0.15) is 5.75 Å². The molecule has 0 bridgehead atoms. The summed E-state index contributed by atoms with van der Waals surface area (Å²) in [5.41, 5.74) is 1.75. The van der Waals surface area contributed by atoms with Crippen molar-refractivity contribution in [1.82, 2.24) is 4.90 Å². The number of ether oxygens (including phenoxy) is 1. The van der Waals surface area contributed by atoms with Crippen LogP contribution in [0.15, 0.2) is 52.4 Å². The molecule has 1 aromatic carbocycles. The van der Waals surface area contributed by atoms with Crippen molar-refractivity contribution in [3.8, 4) is 11.8 Å². The minimum Gasteiger partial charge on any atom is -0.497 e. The van der Waals surface area contributed by atoms with Gasteiger partial charge in [-0.2, -0.15) is 5.26 Å². The molecule has 0 unspecified atom stereocenters. The first-order valence-electron chi connectivity index (χ1n) is 8.21. The van der Waals surface area contributed by atoms with Crippen molar-refractivity contribution >= 4 is 34.7 Å². The van der Waals surface area contributed by atoms with E-state index in [2.05, 4.69) is 11.0 Å². The molecule has 1 aromatic heterocycles. The Bertz CT molecular complexity index is 885. The van der Waals surface area contributed by atoms with Gasteiger partial charge >= 0.3 is 0 Å². The van der Waals surface area contributed by atoms with E-state index in [4.69, 9.17) is 4.74 Å². The Morgan fingerprint density at radius 2 is 2.08 bits per heavy atom. The van der Waals surface area contributed by atoms with E-state index in [1.54, 1.807) is 35.1 Å². The summed E-state index contributed by atoms with van der Waals surface area (Å²) in [5, 5.41) is 12.5. The number of carbonyl (C=O) groups excluding carboxylic acids is 1. The summed E-state index contributed by atoms with van der Waals surface area (Å²) in [4.78, 5) is 17.8. The first-order chi connectivity index (χ1) is 12.7. The highest BCUT2D eigenvalue weighted by Gasteiger charge is 2.38. The van der Waals surface area contributed by atoms with Crippen molar-refractivity contribution in [3.63, 3.8) is 0 Å². The number of nitriles is 1. The van der Waals surface area contributed by atoms with Gasteiger partial charge in [-0.15, -0.1) is 11.3 Å². The number of rotatable bonds is 3. The second kappa shape index (κ2) is 7.06. The van der Waals surface area contributed by atoms with Gasteiger partial charge in [0.25, 0.3) is 0 Å². The predicted octanol–water partition coefficient (Wildman–Crippen LogP) is 3.98. The Hall–Kier alpha value is -2.43. The van der Waals surface area contributed by atoms with Crippen LogP contribution >= 0.6 is 23.1 Å². The Morgan fingerprint density at radius 1 is 1.27 bits per heavy atom. The van der Waals surface area contributed by atoms with Crippen molar-refractivity contribution in [2.75, 3.05) is 24.6 Å². The number of amides is 1. The number of fused-ring (bicyclic) bond motifs is 1. The Morgan fingerprint density at radius 3 is 2.73 bits per heavy atom. The number of allylic oxidation sites excluding steroid dienone is 1. The van der Waals surface area contributed by atoms with Gasteiger partial charge in [-0.05, 0) is 35.7 Å². The Balaban J connectivity index is 1.62. The Labute approximate surface area is 160 Å². The third-order valence-corrected chi connectivity index (χ3v) is 6.76. The molecule has 2 aliphatic rings. The fraction of sp³-hybridized carbons (Fsp3) is 0.263. The predicted molar refractivity (Wildman–Crippen MR) is 104 cm³/mol. The monoisotopic (exact) mass is 383 g/mol. The molecule has 132 valence electrons. The molecular weight excluding hydrogens is 366 g/mol. The van der Waals surface area contributed by atoms with Crippen LogP contribution in [-0.4, -0.2) is 30.5 Å². The molecular formula is C19H17N3O2S2. The molecule has 0 spiro atoms. The average Bonchev–Trinajstić information content (AvgIpc) is 3.22. The fourth-order valence-electron chi connectivity index (χ4n) is 3.25. The molecule has 4 rings (SSSR count). The van der Waals surface area contributed by atoms with Crippen LogP contribution in [0.25, 0.3) is 0 Å². The van der Waals surface area contributed by atoms with Crippen LogP contribution < -0.4 is 9.64 Å². The molecule has 1 atom stereocenters. The molecule has 0 aliphatic carbocycles. The molecule has 3 heterocycles. The number of thioether (sulfide) groups is 1. The first kappa shape index (κ1) is 17.0. The lowest BCUT2D eigenvalue weighted by molar-refractivity contribution is -0.129. The second-order valence-corrected chi connectivity index (χ2v) is 7.99. The van der Waals surface area contributed by atoms with E-state index in [-0.39, 0.29) is 11.8 Å². The Kier molecular flexibility index (Phi) is 4.62. The van der Waals surface area contributed by atoms with Gasteiger partial charge in [-0.3, -0.25) is 9.69 Å². The van der Waals surface area contributed by atoms with Crippen LogP contribution in [0.2, 0.25) is 0 Å². The van der Waals surface area contributed by atoms with Gasteiger partial charge in [0, 0.05) is 22.9 Å². The zero-order valence-corrected chi connectivity index (χ0v) is 15.8. The summed E-state index contributed by atoms with van der Waals surface area (Å²) in [6.07, 6.45) is 0.351. The average molecular weight is 383 g/mol. The van der Waals surface area contributed by atoms with E-state index >= 15 is 0 Å². The largest absolute Gasteiger partial charge is 0.497 e. The lowest BCUT2D eigenvalue weighted by Crippen LogP contribution is -2.47. The number of hydrogen-bond acceptors (Lipinski definition) is 6. The first-order valence-corrected chi connectivity index (χ1v) is 10.1. The molecule has 2 aromatic rings. The van der Waals surface area contributed by atoms with E-state index < -0.39 is 0 Å². The number of methoxy groups -OCH3 is 1. The van der Waals surface area contributed by atoms with Gasteiger partial charge in [0.2, 0.25) is 5.91 Å². The maximum atomic E-state index is 12.8. The van der Waals surface area contributed by atoms with Gasteiger partial charge in [-0.25, -0.2) is 0 Å². The number of carbonyl (C=O) groups is 1. The number of hydrogen-bond donors (Lipinski definition) is 0. The van der Waals surface area contributed by atoms with Gasteiger partial charge in [-0.1, -0.05) is 17.8 Å². The van der Waals surface area contributed by atoms with Crippen LogP contribution in [0, 0.1) is 11.3 Å². The van der Waals surface area contributed by atoms with Crippen LogP contribution in [-0.2, 0) is 4.79 Å². The van der Waals surface area contributed by atoms with Crippen LogP contribution in [0.5, 0.6) is 5.75 Å². The molecule has 26 heavy (non-hydrogen) atoms. The van der Waals surface area contributed by atoms with E-state index in [1.807, 2.05) is 41.8 Å². The third-order valence-electron chi connectivity index (χ3n) is 4.62. The number of nitrogens with zero attached hydrogens (tertiary/aromatic N) is 3. The number of thiophene rings is 1. The van der Waals surface area contributed by atoms with Crippen molar-refractivity contribution in [3.05, 3.63) is 57.3 Å². The molecule has 1 saturated heterocycles. The molecule has 0 N–H and O–H groups in total. The molecule has 1 amide bonds. The topological polar surface area (TPSA) is 56.6 Å². The van der Waals surface area contributed by atoms with Crippen LogP contribution in [0.1, 0.15) is 17.2 Å². The SMILES string of the molecule is COc1ccc(N2CSC3=C(C#N)[C@@H](c4cccs4)CC(=O)N3C2)cc1. The van der Waals surface area contributed by atoms with Gasteiger partial charge in [0.15, 0.2) is 0 Å². The summed E-state index contributed by atoms with van der Waals surface area (Å²) in [6.45, 7) is 0.468. The zero-order valence-electron chi connectivity index (χ0n) is 14.2. The molecule has 2 aliphatic heterocycles.